The quantitative estimate of drug-likeness (QED) is 0.0237. The van der Waals surface area contributed by atoms with Gasteiger partial charge >= 0.3 is 25.7 Å². The number of allylic oxidation sites excluding steroid dienone is 10. The van der Waals surface area contributed by atoms with Crippen molar-refractivity contribution in [3.63, 3.8) is 0 Å². The molecule has 0 aromatic rings. The summed E-state index contributed by atoms with van der Waals surface area (Å²) < 4.78 is 32.6. The van der Waals surface area contributed by atoms with E-state index in [1.54, 1.807) is 0 Å². The van der Waals surface area contributed by atoms with Crippen molar-refractivity contribution >= 4 is 25.7 Å². The Morgan fingerprint density at radius 2 is 1.04 bits per heavy atom. The van der Waals surface area contributed by atoms with Gasteiger partial charge in [0.15, 0.2) is 6.10 Å². The molecule has 0 saturated carbocycles. The molecule has 4 N–H and O–H groups in total. The van der Waals surface area contributed by atoms with E-state index in [0.717, 1.165) is 89.9 Å². The van der Waals surface area contributed by atoms with Gasteiger partial charge in [0.25, 0.3) is 0 Å². The molecule has 54 heavy (non-hydrogen) atoms. The maximum Gasteiger partial charge on any atom is 0.472 e. The molecule has 310 valence electrons. The van der Waals surface area contributed by atoms with Gasteiger partial charge in [-0.05, 0) is 77.0 Å². The predicted molar refractivity (Wildman–Crippen MR) is 217 cm³/mol. The lowest BCUT2D eigenvalue weighted by molar-refractivity contribution is -0.161. The van der Waals surface area contributed by atoms with E-state index in [1.165, 1.54) is 25.7 Å². The van der Waals surface area contributed by atoms with Gasteiger partial charge in [0.05, 0.1) is 13.2 Å². The summed E-state index contributed by atoms with van der Waals surface area (Å²) in [6.07, 6.45) is 41.4. The Morgan fingerprint density at radius 3 is 1.57 bits per heavy atom. The number of ether oxygens (including phenoxy) is 2. The number of hydrogen-bond donors (Lipinski definition) is 3. The van der Waals surface area contributed by atoms with Crippen LogP contribution in [0.3, 0.4) is 0 Å². The number of carboxylic acid groups (broad SMARTS) is 1. The lowest BCUT2D eigenvalue weighted by Gasteiger charge is -2.20. The third-order valence-electron chi connectivity index (χ3n) is 8.25. The fourth-order valence-corrected chi connectivity index (χ4v) is 5.83. The molecule has 0 spiro atoms. The van der Waals surface area contributed by atoms with E-state index in [1.807, 2.05) is 0 Å². The molecular weight excluding hydrogens is 709 g/mol. The van der Waals surface area contributed by atoms with Crippen molar-refractivity contribution in [1.82, 2.24) is 0 Å². The molecule has 0 aromatic heterocycles. The van der Waals surface area contributed by atoms with Crippen molar-refractivity contribution in [2.24, 2.45) is 5.73 Å². The van der Waals surface area contributed by atoms with E-state index in [0.29, 0.717) is 12.8 Å². The average molecular weight is 782 g/mol. The first-order chi connectivity index (χ1) is 26.1. The van der Waals surface area contributed by atoms with E-state index in [9.17, 15) is 23.8 Å². The summed E-state index contributed by atoms with van der Waals surface area (Å²) in [7, 11) is -4.72. The van der Waals surface area contributed by atoms with Crippen LogP contribution in [0, 0.1) is 0 Å². The predicted octanol–water partition coefficient (Wildman–Crippen LogP) is 10.4. The number of rotatable bonds is 37. The van der Waals surface area contributed by atoms with Gasteiger partial charge in [-0.2, -0.15) is 0 Å². The monoisotopic (exact) mass is 781 g/mol. The van der Waals surface area contributed by atoms with Crippen LogP contribution >= 0.6 is 7.82 Å². The molecule has 12 heteroatoms. The number of aliphatic carboxylic acids is 1. The van der Waals surface area contributed by atoms with E-state index in [4.69, 9.17) is 24.8 Å². The maximum atomic E-state index is 12.6. The van der Waals surface area contributed by atoms with Crippen LogP contribution < -0.4 is 5.73 Å². The zero-order valence-electron chi connectivity index (χ0n) is 33.3. The van der Waals surface area contributed by atoms with Gasteiger partial charge in [0, 0.05) is 12.8 Å². The summed E-state index contributed by atoms with van der Waals surface area (Å²) in [4.78, 5) is 45.8. The first-order valence-electron chi connectivity index (χ1n) is 20.3. The summed E-state index contributed by atoms with van der Waals surface area (Å²) in [5, 5.41) is 8.87. The van der Waals surface area contributed by atoms with Crippen molar-refractivity contribution in [3.8, 4) is 0 Å². The second kappa shape index (κ2) is 37.1. The van der Waals surface area contributed by atoms with Gasteiger partial charge in [-0.3, -0.25) is 23.4 Å². The van der Waals surface area contributed by atoms with Crippen LogP contribution in [0.15, 0.2) is 60.8 Å². The van der Waals surface area contributed by atoms with Gasteiger partial charge in [-0.25, -0.2) is 4.57 Å². The first kappa shape index (κ1) is 51.2. The molecule has 3 atom stereocenters. The number of hydrogen-bond acceptors (Lipinski definition) is 9. The topological polar surface area (TPSA) is 172 Å². The molecule has 0 fully saturated rings. The van der Waals surface area contributed by atoms with Gasteiger partial charge in [-0.15, -0.1) is 0 Å². The minimum Gasteiger partial charge on any atom is -0.480 e. The van der Waals surface area contributed by atoms with Gasteiger partial charge in [-0.1, -0.05) is 126 Å². The lowest BCUT2D eigenvalue weighted by Crippen LogP contribution is -2.34. The molecule has 0 aliphatic heterocycles. The molecule has 0 saturated heterocycles. The molecule has 0 radical (unpaired) electrons. The third kappa shape index (κ3) is 36.2. The SMILES string of the molecule is CC/C=C\C/C=C\C/C=C\C/C=C\CCCCCCC(=O)OC(COC(=O)CCCCCCC/C=C\CCCCCC)COP(=O)(O)OCC(N)C(=O)O. The van der Waals surface area contributed by atoms with Crippen LogP contribution in [0.2, 0.25) is 0 Å². The summed E-state index contributed by atoms with van der Waals surface area (Å²) in [6.45, 7) is 2.62. The minimum atomic E-state index is -4.72. The Morgan fingerprint density at radius 1 is 0.593 bits per heavy atom. The average Bonchev–Trinajstić information content (AvgIpc) is 3.14. The highest BCUT2D eigenvalue weighted by molar-refractivity contribution is 7.47. The number of carbonyl (C=O) groups excluding carboxylic acids is 2. The van der Waals surface area contributed by atoms with Crippen LogP contribution in [0.5, 0.6) is 0 Å². The largest absolute Gasteiger partial charge is 0.480 e. The highest BCUT2D eigenvalue weighted by atomic mass is 31.2. The molecule has 0 amide bonds. The highest BCUT2D eigenvalue weighted by Crippen LogP contribution is 2.43. The van der Waals surface area contributed by atoms with Crippen LogP contribution in [0.25, 0.3) is 0 Å². The Hall–Kier alpha value is -2.82. The molecular formula is C42H72NO10P. The Kier molecular flexibility index (Phi) is 35.2. The second-order valence-electron chi connectivity index (χ2n) is 13.4. The van der Waals surface area contributed by atoms with E-state index >= 15 is 0 Å². The van der Waals surface area contributed by atoms with Crippen LogP contribution in [0.4, 0.5) is 0 Å². The standard InChI is InChI=1S/C42H72NO10P/c1-3-5-7-9-11-13-15-17-18-19-20-22-24-26-28-30-32-34-41(45)53-38(36-51-54(48,49)52-37-39(43)42(46)47)35-50-40(44)33-31-29-27-25-23-21-16-14-12-10-8-6-4-2/h5,7,11,13-14,16-18,20,22,38-39H,3-4,6,8-10,12,15,19,21,23-37,43H2,1-2H3,(H,46,47)(H,48,49)/b7-5-,13-11-,16-14-,18-17-,22-20-. The summed E-state index contributed by atoms with van der Waals surface area (Å²) in [6, 6.07) is -1.53. The normalized spacial score (nSPS) is 14.4. The van der Waals surface area contributed by atoms with Crippen molar-refractivity contribution < 1.29 is 47.5 Å². The molecule has 0 heterocycles. The second-order valence-corrected chi connectivity index (χ2v) is 14.8. The molecule has 0 aliphatic rings. The number of unbranched alkanes of at least 4 members (excludes halogenated alkanes) is 13. The third-order valence-corrected chi connectivity index (χ3v) is 9.20. The van der Waals surface area contributed by atoms with Crippen LogP contribution in [-0.2, 0) is 37.5 Å². The maximum absolute atomic E-state index is 12.6. The van der Waals surface area contributed by atoms with E-state index in [2.05, 4.69) is 79.1 Å². The van der Waals surface area contributed by atoms with Gasteiger partial charge in [0.2, 0.25) is 0 Å². The number of carbonyl (C=O) groups is 3. The van der Waals surface area contributed by atoms with Gasteiger partial charge in [0.1, 0.15) is 12.6 Å². The number of esters is 2. The smallest absolute Gasteiger partial charge is 0.472 e. The minimum absolute atomic E-state index is 0.129. The number of phosphoric ester groups is 1. The Balaban J connectivity index is 4.48. The Bertz CT molecular complexity index is 1150. The first-order valence-corrected chi connectivity index (χ1v) is 21.8. The molecule has 0 rings (SSSR count). The fraction of sp³-hybridized carbons (Fsp3) is 0.690. The zero-order chi connectivity index (χ0) is 40.0. The summed E-state index contributed by atoms with van der Waals surface area (Å²) >= 11 is 0. The van der Waals surface area contributed by atoms with E-state index in [-0.39, 0.29) is 19.4 Å². The van der Waals surface area contributed by atoms with Crippen molar-refractivity contribution in [2.75, 3.05) is 19.8 Å². The van der Waals surface area contributed by atoms with Crippen LogP contribution in [-0.4, -0.2) is 59.9 Å². The molecule has 11 nitrogen and oxygen atoms in total. The molecule has 0 aromatic carbocycles. The van der Waals surface area contributed by atoms with Crippen molar-refractivity contribution in [3.05, 3.63) is 60.8 Å². The fourth-order valence-electron chi connectivity index (χ4n) is 5.05. The zero-order valence-corrected chi connectivity index (χ0v) is 34.2. The number of carboxylic acids is 1. The van der Waals surface area contributed by atoms with Crippen LogP contribution in [0.1, 0.15) is 155 Å². The van der Waals surface area contributed by atoms with Gasteiger partial charge < -0.3 is 25.2 Å². The molecule has 0 aliphatic carbocycles. The molecule has 0 bridgehead atoms. The highest BCUT2D eigenvalue weighted by Gasteiger charge is 2.28. The number of phosphoric acid groups is 1. The van der Waals surface area contributed by atoms with Crippen molar-refractivity contribution in [1.29, 1.82) is 0 Å². The lowest BCUT2D eigenvalue weighted by atomic mass is 10.1. The Labute approximate surface area is 326 Å². The van der Waals surface area contributed by atoms with E-state index < -0.39 is 51.1 Å². The summed E-state index contributed by atoms with van der Waals surface area (Å²) in [5.41, 5.74) is 5.32. The van der Waals surface area contributed by atoms with Crippen molar-refractivity contribution in [2.45, 2.75) is 167 Å². The molecule has 3 unspecified atom stereocenters. The summed E-state index contributed by atoms with van der Waals surface area (Å²) in [5.74, 6) is -2.43. The number of nitrogens with two attached hydrogens (primary N) is 1.